The number of thiophene rings is 1. The average molecular weight is 419 g/mol. The Morgan fingerprint density at radius 3 is 2.61 bits per heavy atom. The van der Waals surface area contributed by atoms with Crippen molar-refractivity contribution in [1.29, 1.82) is 0 Å². The Balaban J connectivity index is 1.76. The van der Waals surface area contributed by atoms with Crippen LogP contribution in [-0.4, -0.2) is 20.9 Å². The molecule has 1 aromatic heterocycles. The predicted molar refractivity (Wildman–Crippen MR) is 109 cm³/mol. The van der Waals surface area contributed by atoms with Gasteiger partial charge in [0.05, 0.1) is 10.6 Å². The van der Waals surface area contributed by atoms with Crippen LogP contribution in [0.15, 0.2) is 64.9 Å². The summed E-state index contributed by atoms with van der Waals surface area (Å²) in [5, 5.41) is 4.78. The summed E-state index contributed by atoms with van der Waals surface area (Å²) in [6.07, 6.45) is 0.704. The van der Waals surface area contributed by atoms with Crippen LogP contribution in [0.4, 0.5) is 10.1 Å². The third-order valence-corrected chi connectivity index (χ3v) is 6.42. The Morgan fingerprint density at radius 2 is 1.89 bits per heavy atom. The first-order chi connectivity index (χ1) is 13.4. The lowest BCUT2D eigenvalue weighted by atomic mass is 10.1. The molecular formula is C20H19FN2O3S2. The third kappa shape index (κ3) is 4.76. The van der Waals surface area contributed by atoms with Crippen LogP contribution in [0.5, 0.6) is 0 Å². The van der Waals surface area contributed by atoms with E-state index in [1.807, 2.05) is 17.5 Å². The van der Waals surface area contributed by atoms with E-state index >= 15 is 0 Å². The zero-order valence-corrected chi connectivity index (χ0v) is 16.7. The van der Waals surface area contributed by atoms with Crippen molar-refractivity contribution in [3.05, 3.63) is 81.8 Å². The molecule has 1 amide bonds. The molecule has 146 valence electrons. The van der Waals surface area contributed by atoms with Crippen molar-refractivity contribution >= 4 is 33.0 Å². The molecule has 3 aromatic rings. The first-order valence-corrected chi connectivity index (χ1v) is 10.9. The van der Waals surface area contributed by atoms with E-state index in [4.69, 9.17) is 0 Å². The fourth-order valence-electron chi connectivity index (χ4n) is 2.61. The summed E-state index contributed by atoms with van der Waals surface area (Å²) < 4.78 is 41.2. The largest absolute Gasteiger partial charge is 0.352 e. The molecule has 8 heteroatoms. The van der Waals surface area contributed by atoms with Gasteiger partial charge in [-0.3, -0.25) is 9.52 Å². The average Bonchev–Trinajstić information content (AvgIpc) is 3.17. The number of carbonyl (C=O) groups is 1. The second kappa shape index (κ2) is 8.53. The highest BCUT2D eigenvalue weighted by Crippen LogP contribution is 2.21. The van der Waals surface area contributed by atoms with Gasteiger partial charge in [0, 0.05) is 17.0 Å². The molecule has 0 saturated heterocycles. The van der Waals surface area contributed by atoms with Crippen LogP contribution in [-0.2, 0) is 16.4 Å². The lowest BCUT2D eigenvalue weighted by Crippen LogP contribution is -2.26. The number of anilines is 1. The van der Waals surface area contributed by atoms with E-state index in [0.29, 0.717) is 18.5 Å². The first kappa shape index (κ1) is 20.0. The summed E-state index contributed by atoms with van der Waals surface area (Å²) in [5.74, 6) is -1.03. The van der Waals surface area contributed by atoms with Crippen molar-refractivity contribution in [2.45, 2.75) is 18.2 Å². The van der Waals surface area contributed by atoms with Crippen LogP contribution in [0.3, 0.4) is 0 Å². The molecule has 0 unspecified atom stereocenters. The van der Waals surface area contributed by atoms with Crippen molar-refractivity contribution in [2.75, 3.05) is 11.3 Å². The maximum atomic E-state index is 13.8. The normalized spacial score (nSPS) is 11.2. The molecule has 2 aromatic carbocycles. The van der Waals surface area contributed by atoms with Gasteiger partial charge in [-0.2, -0.15) is 0 Å². The zero-order chi connectivity index (χ0) is 20.1. The van der Waals surface area contributed by atoms with E-state index in [1.165, 1.54) is 36.4 Å². The van der Waals surface area contributed by atoms with Gasteiger partial charge in [-0.1, -0.05) is 24.3 Å². The van der Waals surface area contributed by atoms with Crippen LogP contribution in [0.25, 0.3) is 0 Å². The molecule has 0 aliphatic carbocycles. The number of aryl methyl sites for hydroxylation is 1. The fourth-order valence-corrected chi connectivity index (χ4v) is 4.41. The van der Waals surface area contributed by atoms with Gasteiger partial charge >= 0.3 is 0 Å². The summed E-state index contributed by atoms with van der Waals surface area (Å²) in [6, 6.07) is 13.7. The van der Waals surface area contributed by atoms with Gasteiger partial charge in [0.2, 0.25) is 0 Å². The van der Waals surface area contributed by atoms with Crippen molar-refractivity contribution in [1.82, 2.24) is 5.32 Å². The van der Waals surface area contributed by atoms with Crippen LogP contribution in [0.2, 0.25) is 0 Å². The highest BCUT2D eigenvalue weighted by molar-refractivity contribution is 7.92. The van der Waals surface area contributed by atoms with E-state index in [2.05, 4.69) is 10.0 Å². The van der Waals surface area contributed by atoms with Gasteiger partial charge < -0.3 is 5.32 Å². The minimum absolute atomic E-state index is 0.107. The molecule has 5 nitrogen and oxygen atoms in total. The second-order valence-electron chi connectivity index (χ2n) is 6.15. The van der Waals surface area contributed by atoms with Crippen molar-refractivity contribution in [2.24, 2.45) is 0 Å². The molecule has 0 bridgehead atoms. The number of hydrogen-bond acceptors (Lipinski definition) is 4. The fraction of sp³-hybridized carbons (Fsp3) is 0.150. The van der Waals surface area contributed by atoms with Crippen molar-refractivity contribution < 1.29 is 17.6 Å². The van der Waals surface area contributed by atoms with Crippen molar-refractivity contribution in [3.63, 3.8) is 0 Å². The Bertz CT molecular complexity index is 1080. The van der Waals surface area contributed by atoms with E-state index in [0.717, 1.165) is 4.88 Å². The van der Waals surface area contributed by atoms with Gasteiger partial charge in [0.25, 0.3) is 15.9 Å². The van der Waals surface area contributed by atoms with Crippen LogP contribution >= 0.6 is 11.3 Å². The van der Waals surface area contributed by atoms with Gasteiger partial charge in [0.1, 0.15) is 5.82 Å². The van der Waals surface area contributed by atoms with Crippen molar-refractivity contribution in [3.8, 4) is 0 Å². The molecule has 0 saturated carbocycles. The summed E-state index contributed by atoms with van der Waals surface area (Å²) in [5.41, 5.74) is 0.770. The minimum Gasteiger partial charge on any atom is -0.352 e. The molecule has 0 fully saturated rings. The topological polar surface area (TPSA) is 75.3 Å². The maximum Gasteiger partial charge on any atom is 0.262 e. The van der Waals surface area contributed by atoms with Crippen LogP contribution in [0.1, 0.15) is 20.8 Å². The summed E-state index contributed by atoms with van der Waals surface area (Å²) in [6.45, 7) is 2.18. The lowest BCUT2D eigenvalue weighted by Gasteiger charge is -2.12. The van der Waals surface area contributed by atoms with Gasteiger partial charge in [-0.15, -0.1) is 11.3 Å². The molecule has 0 aliphatic rings. The van der Waals surface area contributed by atoms with Gasteiger partial charge in [0.15, 0.2) is 0 Å². The monoisotopic (exact) mass is 418 g/mol. The zero-order valence-electron chi connectivity index (χ0n) is 15.1. The van der Waals surface area contributed by atoms with Crippen LogP contribution in [0, 0.1) is 12.7 Å². The van der Waals surface area contributed by atoms with E-state index in [1.54, 1.807) is 24.3 Å². The Kier molecular flexibility index (Phi) is 6.11. The molecule has 0 spiro atoms. The number of hydrogen-bond donors (Lipinski definition) is 2. The number of benzene rings is 2. The summed E-state index contributed by atoms with van der Waals surface area (Å²) >= 11 is 1.61. The Labute approximate surface area is 167 Å². The number of carbonyl (C=O) groups excluding carboxylic acids is 1. The lowest BCUT2D eigenvalue weighted by molar-refractivity contribution is 0.0953. The third-order valence-electron chi connectivity index (χ3n) is 4.12. The van der Waals surface area contributed by atoms with E-state index < -0.39 is 15.8 Å². The highest BCUT2D eigenvalue weighted by atomic mass is 32.2. The molecule has 0 atom stereocenters. The van der Waals surface area contributed by atoms with E-state index in [9.17, 15) is 17.6 Å². The Hall–Kier alpha value is -2.71. The molecule has 3 rings (SSSR count). The van der Waals surface area contributed by atoms with Gasteiger partial charge in [-0.05, 0) is 54.6 Å². The van der Waals surface area contributed by atoms with E-state index in [-0.39, 0.29) is 22.1 Å². The molecule has 0 radical (unpaired) electrons. The predicted octanol–water partition coefficient (Wildman–Crippen LogP) is 3.97. The number of para-hydroxylation sites is 1. The summed E-state index contributed by atoms with van der Waals surface area (Å²) in [7, 11) is -4.03. The Morgan fingerprint density at radius 1 is 1.11 bits per heavy atom. The molecule has 2 N–H and O–H groups in total. The molecule has 0 aliphatic heterocycles. The standard InChI is InChI=1S/C20H19FN2O3S2/c1-14-8-9-16(28(25,26)23-19-7-3-2-6-18(19)21)13-17(14)20(24)22-11-10-15-5-4-12-27-15/h2-9,12-13,23H,10-11H2,1H3,(H,22,24). The quantitative estimate of drug-likeness (QED) is 0.610. The number of sulfonamides is 1. The van der Waals surface area contributed by atoms with Gasteiger partial charge in [-0.25, -0.2) is 12.8 Å². The SMILES string of the molecule is Cc1ccc(S(=O)(=O)Nc2ccccc2F)cc1C(=O)NCCc1cccs1. The highest BCUT2D eigenvalue weighted by Gasteiger charge is 2.19. The number of nitrogens with one attached hydrogen (secondary N) is 2. The maximum absolute atomic E-state index is 13.8. The number of amides is 1. The summed E-state index contributed by atoms with van der Waals surface area (Å²) in [4.78, 5) is 13.6. The number of rotatable bonds is 7. The second-order valence-corrected chi connectivity index (χ2v) is 8.86. The molecule has 28 heavy (non-hydrogen) atoms. The molecule has 1 heterocycles. The van der Waals surface area contributed by atoms with Crippen LogP contribution < -0.4 is 10.0 Å². The molecular weight excluding hydrogens is 399 g/mol. The first-order valence-electron chi connectivity index (χ1n) is 8.55. The number of halogens is 1. The smallest absolute Gasteiger partial charge is 0.262 e. The minimum atomic E-state index is -4.03.